The van der Waals surface area contributed by atoms with E-state index in [9.17, 15) is 10.1 Å². The lowest BCUT2D eigenvalue weighted by Gasteiger charge is -2.64. The van der Waals surface area contributed by atoms with Gasteiger partial charge in [-0.25, -0.2) is 4.98 Å². The minimum Gasteiger partial charge on any atom is -0.439 e. The third-order valence-electron chi connectivity index (χ3n) is 6.18. The van der Waals surface area contributed by atoms with E-state index in [1.165, 1.54) is 23.9 Å². The van der Waals surface area contributed by atoms with Crippen LogP contribution in [0.3, 0.4) is 0 Å². The molecule has 146 valence electrons. The third-order valence-corrected chi connectivity index (χ3v) is 6.18. The zero-order chi connectivity index (χ0) is 20.2. The van der Waals surface area contributed by atoms with Crippen LogP contribution in [0.4, 0.5) is 5.69 Å². The molecular formula is C22H20N3O4+. The topological polar surface area (TPSA) is 74.5 Å². The summed E-state index contributed by atoms with van der Waals surface area (Å²) in [5.41, 5.74) is 1.85. The first-order valence-corrected chi connectivity index (χ1v) is 9.41. The minimum absolute atomic E-state index is 0.0676. The summed E-state index contributed by atoms with van der Waals surface area (Å²) in [7, 11) is 4.38. The summed E-state index contributed by atoms with van der Waals surface area (Å²) in [6.45, 7) is 0. The molecule has 6 rings (SSSR count). The molecule has 1 saturated heterocycles. The van der Waals surface area contributed by atoms with Gasteiger partial charge in [0.15, 0.2) is 0 Å². The Balaban J connectivity index is 1.45. The van der Waals surface area contributed by atoms with Crippen LogP contribution < -0.4 is 9.47 Å². The molecule has 2 unspecified atom stereocenters. The summed E-state index contributed by atoms with van der Waals surface area (Å²) >= 11 is 0. The van der Waals surface area contributed by atoms with Gasteiger partial charge in [-0.15, -0.1) is 0 Å². The molecule has 2 atom stereocenters. The van der Waals surface area contributed by atoms with Crippen molar-refractivity contribution in [1.29, 1.82) is 0 Å². The molecule has 0 N–H and O–H groups in total. The monoisotopic (exact) mass is 390 g/mol. The SMILES string of the molecule is C[N+]1(C)C2CC1(c1ccccc1)Oc1ccc(Oc3ccc([N+](=O)[O-])cn3)cc12. The minimum atomic E-state index is -0.484. The van der Waals surface area contributed by atoms with Crippen molar-refractivity contribution in [1.82, 2.24) is 4.98 Å². The number of pyridine rings is 1. The predicted molar refractivity (Wildman–Crippen MR) is 106 cm³/mol. The van der Waals surface area contributed by atoms with Gasteiger partial charge in [0, 0.05) is 12.1 Å². The van der Waals surface area contributed by atoms with Crippen molar-refractivity contribution in [2.45, 2.75) is 18.2 Å². The molecule has 7 nitrogen and oxygen atoms in total. The summed E-state index contributed by atoms with van der Waals surface area (Å²) in [4.78, 5) is 14.3. The van der Waals surface area contributed by atoms with E-state index in [1.54, 1.807) is 0 Å². The highest BCUT2D eigenvalue weighted by Gasteiger charge is 2.69. The highest BCUT2D eigenvalue weighted by molar-refractivity contribution is 5.47. The Morgan fingerprint density at radius 3 is 2.62 bits per heavy atom. The van der Waals surface area contributed by atoms with E-state index in [2.05, 4.69) is 31.2 Å². The largest absolute Gasteiger partial charge is 0.439 e. The quantitative estimate of drug-likeness (QED) is 0.371. The molecule has 2 bridgehead atoms. The van der Waals surface area contributed by atoms with Gasteiger partial charge in [0.25, 0.3) is 11.4 Å². The molecule has 2 aromatic carbocycles. The van der Waals surface area contributed by atoms with Crippen molar-refractivity contribution < 1.29 is 18.9 Å². The number of aromatic nitrogens is 1. The molecular weight excluding hydrogens is 370 g/mol. The first-order valence-electron chi connectivity index (χ1n) is 9.41. The molecule has 29 heavy (non-hydrogen) atoms. The molecule has 3 aliphatic rings. The second-order valence-corrected chi connectivity index (χ2v) is 7.93. The van der Waals surface area contributed by atoms with Gasteiger partial charge in [0.05, 0.1) is 30.1 Å². The van der Waals surface area contributed by atoms with Crippen LogP contribution in [0.1, 0.15) is 23.6 Å². The first-order chi connectivity index (χ1) is 13.9. The second-order valence-electron chi connectivity index (χ2n) is 7.93. The standard InChI is InChI=1S/C22H20N3O4/c1-25(2)19-13-22(25,15-6-4-3-5-7-15)29-20-10-9-17(12-18(19)20)28-21-11-8-16(14-23-21)24(26)27/h3-12,14,19H,13H2,1-2H3/q+1. The van der Waals surface area contributed by atoms with Crippen molar-refractivity contribution in [3.05, 3.63) is 88.1 Å². The fraction of sp³-hybridized carbons (Fsp3) is 0.227. The van der Waals surface area contributed by atoms with Gasteiger partial charge in [-0.1, -0.05) is 18.2 Å². The normalized spacial score (nSPS) is 23.3. The number of nitro groups is 1. The number of rotatable bonds is 4. The smallest absolute Gasteiger partial charge is 0.287 e. The van der Waals surface area contributed by atoms with E-state index in [0.717, 1.165) is 17.7 Å². The molecule has 0 saturated carbocycles. The van der Waals surface area contributed by atoms with Crippen LogP contribution in [-0.2, 0) is 5.72 Å². The maximum absolute atomic E-state index is 10.8. The van der Waals surface area contributed by atoms with Crippen molar-refractivity contribution in [2.24, 2.45) is 0 Å². The van der Waals surface area contributed by atoms with Crippen molar-refractivity contribution in [2.75, 3.05) is 14.1 Å². The molecule has 1 fully saturated rings. The van der Waals surface area contributed by atoms with E-state index < -0.39 is 4.92 Å². The molecule has 1 aromatic heterocycles. The van der Waals surface area contributed by atoms with E-state index in [-0.39, 0.29) is 11.4 Å². The molecule has 0 radical (unpaired) electrons. The van der Waals surface area contributed by atoms with E-state index >= 15 is 0 Å². The Hall–Kier alpha value is -3.45. The maximum Gasteiger partial charge on any atom is 0.287 e. The molecule has 0 amide bonds. The number of nitrogens with zero attached hydrogens (tertiary/aromatic N) is 3. The predicted octanol–water partition coefficient (Wildman–Crippen LogP) is 4.55. The van der Waals surface area contributed by atoms with Crippen LogP contribution >= 0.6 is 0 Å². The van der Waals surface area contributed by atoms with E-state index in [1.807, 2.05) is 36.4 Å². The Labute approximate surface area is 167 Å². The Kier molecular flexibility index (Phi) is 3.66. The first kappa shape index (κ1) is 17.6. The lowest BCUT2D eigenvalue weighted by atomic mass is 9.74. The second kappa shape index (κ2) is 6.02. The zero-order valence-corrected chi connectivity index (χ0v) is 16.1. The van der Waals surface area contributed by atoms with Gasteiger partial charge in [-0.2, -0.15) is 0 Å². The summed E-state index contributed by atoms with van der Waals surface area (Å²) in [6, 6.07) is 19.3. The Morgan fingerprint density at radius 1 is 1.17 bits per heavy atom. The molecule has 3 aliphatic heterocycles. The van der Waals surface area contributed by atoms with Crippen LogP contribution in [0, 0.1) is 10.1 Å². The van der Waals surface area contributed by atoms with Crippen molar-refractivity contribution >= 4 is 5.69 Å². The fourth-order valence-electron chi connectivity index (χ4n) is 4.48. The average Bonchev–Trinajstić information content (AvgIpc) is 2.73. The van der Waals surface area contributed by atoms with Crippen LogP contribution in [0.15, 0.2) is 66.9 Å². The van der Waals surface area contributed by atoms with Gasteiger partial charge < -0.3 is 9.47 Å². The lowest BCUT2D eigenvalue weighted by molar-refractivity contribution is -1.05. The average molecular weight is 390 g/mol. The van der Waals surface area contributed by atoms with E-state index in [4.69, 9.17) is 9.47 Å². The van der Waals surface area contributed by atoms with Gasteiger partial charge in [-0.3, -0.25) is 14.6 Å². The van der Waals surface area contributed by atoms with Crippen LogP contribution in [-0.4, -0.2) is 28.5 Å². The van der Waals surface area contributed by atoms with Crippen molar-refractivity contribution in [3.63, 3.8) is 0 Å². The number of quaternary nitrogens is 1. The number of hydrogen-bond donors (Lipinski definition) is 0. The van der Waals surface area contributed by atoms with Gasteiger partial charge >= 0.3 is 0 Å². The molecule has 7 heteroatoms. The highest BCUT2D eigenvalue weighted by Crippen LogP contribution is 2.63. The van der Waals surface area contributed by atoms with Gasteiger partial charge in [0.1, 0.15) is 30.2 Å². The fourth-order valence-corrected chi connectivity index (χ4v) is 4.48. The van der Waals surface area contributed by atoms with Crippen LogP contribution in [0.2, 0.25) is 0 Å². The third kappa shape index (κ3) is 2.51. The number of ether oxygens (including phenoxy) is 2. The molecule has 0 spiro atoms. The summed E-state index contributed by atoms with van der Waals surface area (Å²) in [5, 5.41) is 10.8. The zero-order valence-electron chi connectivity index (χ0n) is 16.1. The summed E-state index contributed by atoms with van der Waals surface area (Å²) in [5.74, 6) is 1.81. The van der Waals surface area contributed by atoms with Crippen LogP contribution in [0.25, 0.3) is 0 Å². The Morgan fingerprint density at radius 2 is 1.97 bits per heavy atom. The van der Waals surface area contributed by atoms with E-state index in [0.29, 0.717) is 22.2 Å². The van der Waals surface area contributed by atoms with Crippen LogP contribution in [0.5, 0.6) is 17.4 Å². The number of benzene rings is 2. The summed E-state index contributed by atoms with van der Waals surface area (Å²) in [6.07, 6.45) is 2.09. The number of hydrogen-bond acceptors (Lipinski definition) is 5. The summed E-state index contributed by atoms with van der Waals surface area (Å²) < 4.78 is 13.1. The molecule has 0 aliphatic carbocycles. The molecule has 3 aromatic rings. The highest BCUT2D eigenvalue weighted by atomic mass is 16.6. The lowest BCUT2D eigenvalue weighted by Crippen LogP contribution is -2.73. The van der Waals surface area contributed by atoms with Crippen molar-refractivity contribution in [3.8, 4) is 17.4 Å². The molecule has 4 heterocycles. The van der Waals surface area contributed by atoms with Gasteiger partial charge in [-0.05, 0) is 30.3 Å². The Bertz CT molecular complexity index is 1100. The maximum atomic E-state index is 10.8. The van der Waals surface area contributed by atoms with Gasteiger partial charge in [0.2, 0.25) is 5.88 Å².